The van der Waals surface area contributed by atoms with Crippen LogP contribution in [-0.4, -0.2) is 17.8 Å². The number of allylic oxidation sites excluding steroid dienone is 1. The summed E-state index contributed by atoms with van der Waals surface area (Å²) in [6.45, 7) is 5.60. The van der Waals surface area contributed by atoms with Gasteiger partial charge in [0.25, 0.3) is 0 Å². The Morgan fingerprint density at radius 3 is 1.80 bits per heavy atom. The van der Waals surface area contributed by atoms with Gasteiger partial charge in [-0.25, -0.2) is 4.39 Å². The Morgan fingerprint density at radius 1 is 1.30 bits per heavy atom. The molecule has 0 amide bonds. The van der Waals surface area contributed by atoms with Gasteiger partial charge in [-0.2, -0.15) is 0 Å². The summed E-state index contributed by atoms with van der Waals surface area (Å²) in [4.78, 5) is 0. The van der Waals surface area contributed by atoms with Gasteiger partial charge < -0.3 is 0 Å². The maximum Gasteiger partial charge on any atom is 0.110 e. The summed E-state index contributed by atoms with van der Waals surface area (Å²) in [5, 5.41) is 0.139. The Morgan fingerprint density at radius 2 is 1.70 bits per heavy atom. The van der Waals surface area contributed by atoms with Crippen molar-refractivity contribution in [1.82, 2.24) is 0 Å². The highest BCUT2D eigenvalue weighted by atomic mass is 32.2. The lowest BCUT2D eigenvalue weighted by Crippen LogP contribution is -2.03. The average Bonchev–Trinajstić information content (AvgIpc) is 1.84. The zero-order valence-electron chi connectivity index (χ0n) is 7.40. The highest BCUT2D eigenvalue weighted by Crippen LogP contribution is 2.30. The molecule has 1 atom stereocenters. The van der Waals surface area contributed by atoms with Gasteiger partial charge in [0.15, 0.2) is 0 Å². The minimum atomic E-state index is -0.166. The molecule has 0 N–H and O–H groups in total. The summed E-state index contributed by atoms with van der Waals surface area (Å²) < 4.78 is 13.1. The quantitative estimate of drug-likeness (QED) is 0.596. The van der Waals surface area contributed by atoms with E-state index in [0.717, 1.165) is 5.57 Å². The molecule has 0 fully saturated rings. The van der Waals surface area contributed by atoms with Crippen LogP contribution in [0.3, 0.4) is 0 Å². The zero-order valence-corrected chi connectivity index (χ0v) is 8.30. The van der Waals surface area contributed by atoms with Crippen molar-refractivity contribution in [2.75, 3.05) is 12.5 Å². The predicted octanol–water partition coefficient (Wildman–Crippen LogP) is 2.90. The van der Waals surface area contributed by atoms with E-state index in [-0.39, 0.29) is 22.0 Å². The third-order valence-corrected chi connectivity index (χ3v) is 3.39. The third kappa shape index (κ3) is 2.74. The van der Waals surface area contributed by atoms with E-state index in [1.165, 1.54) is 0 Å². The summed E-state index contributed by atoms with van der Waals surface area (Å²) in [5.41, 5.74) is 0.823. The van der Waals surface area contributed by atoms with Crippen molar-refractivity contribution in [2.45, 2.75) is 26.0 Å². The number of halogens is 1. The van der Waals surface area contributed by atoms with E-state index >= 15 is 0 Å². The highest BCUT2D eigenvalue weighted by Gasteiger charge is 2.10. The van der Waals surface area contributed by atoms with Crippen molar-refractivity contribution >= 4 is 10.9 Å². The maximum absolute atomic E-state index is 13.1. The number of rotatable bonds is 2. The van der Waals surface area contributed by atoms with Gasteiger partial charge >= 0.3 is 0 Å². The molecule has 0 saturated heterocycles. The fourth-order valence-electron chi connectivity index (χ4n) is 0.644. The van der Waals surface area contributed by atoms with E-state index in [9.17, 15) is 4.39 Å². The van der Waals surface area contributed by atoms with Gasteiger partial charge in [-0.15, -0.1) is 0 Å². The van der Waals surface area contributed by atoms with E-state index in [1.807, 2.05) is 20.8 Å². The lowest BCUT2D eigenvalue weighted by Gasteiger charge is -2.18. The van der Waals surface area contributed by atoms with Gasteiger partial charge in [-0.3, -0.25) is 10.9 Å². The molecule has 0 aromatic heterocycles. The summed E-state index contributed by atoms with van der Waals surface area (Å²) in [7, 11) is -0.166. The molecule has 10 heavy (non-hydrogen) atoms. The van der Waals surface area contributed by atoms with Crippen LogP contribution in [0.25, 0.3) is 0 Å². The molecule has 0 aromatic carbocycles. The summed E-state index contributed by atoms with van der Waals surface area (Å²) >= 11 is 0. The zero-order chi connectivity index (χ0) is 8.31. The Labute approximate surface area is 65.9 Å². The van der Waals surface area contributed by atoms with E-state index in [4.69, 9.17) is 0 Å². The van der Waals surface area contributed by atoms with Gasteiger partial charge in [0.05, 0.1) is 0 Å². The monoisotopic (exact) mass is 164 g/mol. The summed E-state index contributed by atoms with van der Waals surface area (Å²) in [6.07, 6.45) is 4.20. The third-order valence-electron chi connectivity index (χ3n) is 1.62. The molecule has 0 aliphatic rings. The lowest BCUT2D eigenvalue weighted by atomic mass is 10.2. The first-order valence-electron chi connectivity index (χ1n) is 3.46. The van der Waals surface area contributed by atoms with Crippen LogP contribution in [0, 0.1) is 0 Å². The maximum atomic E-state index is 13.1. The van der Waals surface area contributed by atoms with E-state index in [1.54, 1.807) is 0 Å². The Kier molecular flexibility index (Phi) is 4.02. The lowest BCUT2D eigenvalue weighted by molar-refractivity contribution is 0.597. The van der Waals surface area contributed by atoms with Crippen LogP contribution in [0.1, 0.15) is 20.8 Å². The van der Waals surface area contributed by atoms with Crippen LogP contribution in [0.4, 0.5) is 4.39 Å². The Balaban J connectivity index is 4.22. The second-order valence-corrected chi connectivity index (χ2v) is 5.69. The molecule has 0 spiro atoms. The van der Waals surface area contributed by atoms with Crippen molar-refractivity contribution < 1.29 is 4.39 Å². The molecular weight excluding hydrogens is 147 g/mol. The fraction of sp³-hybridized carbons (Fsp3) is 0.750. The Hall–Kier alpha value is 0.0200. The van der Waals surface area contributed by atoms with Crippen molar-refractivity contribution in [3.63, 3.8) is 0 Å². The van der Waals surface area contributed by atoms with Gasteiger partial charge in [0.1, 0.15) is 5.83 Å². The van der Waals surface area contributed by atoms with Gasteiger partial charge in [0.2, 0.25) is 0 Å². The minimum absolute atomic E-state index is 0.0797. The van der Waals surface area contributed by atoms with E-state index < -0.39 is 0 Å². The van der Waals surface area contributed by atoms with E-state index in [0.29, 0.717) is 0 Å². The minimum Gasteiger partial charge on any atom is -0.251 e. The van der Waals surface area contributed by atoms with Gasteiger partial charge in [-0.1, -0.05) is 0 Å². The van der Waals surface area contributed by atoms with Crippen LogP contribution >= 0.6 is 10.9 Å². The molecule has 0 unspecified atom stereocenters. The van der Waals surface area contributed by atoms with Crippen LogP contribution in [0.15, 0.2) is 11.4 Å². The molecule has 0 radical (unpaired) electrons. The average molecular weight is 164 g/mol. The standard InChI is InChI=1S/C8H17FS/c1-6(2)8(9)7(3)10(4)5/h7,10H,1-5H3/t7-/m0/s1. The summed E-state index contributed by atoms with van der Waals surface area (Å²) in [5.74, 6) is 0.0797. The van der Waals surface area contributed by atoms with Crippen LogP contribution in [0.5, 0.6) is 0 Å². The number of hydrogen-bond acceptors (Lipinski definition) is 0. The van der Waals surface area contributed by atoms with Crippen LogP contribution in [0.2, 0.25) is 0 Å². The fourth-order valence-corrected chi connectivity index (χ4v) is 1.36. The Bertz CT molecular complexity index is 134. The molecule has 0 aliphatic heterocycles. The first-order chi connectivity index (χ1) is 4.46. The molecule has 0 aromatic rings. The molecule has 0 saturated carbocycles. The second kappa shape index (κ2) is 4.02. The predicted molar refractivity (Wildman–Crippen MR) is 49.8 cm³/mol. The molecule has 0 rings (SSSR count). The molecule has 0 bridgehead atoms. The number of thiol groups is 1. The van der Waals surface area contributed by atoms with Crippen molar-refractivity contribution in [3.05, 3.63) is 11.4 Å². The summed E-state index contributed by atoms with van der Waals surface area (Å²) in [6, 6.07) is 0. The van der Waals surface area contributed by atoms with Crippen LogP contribution in [-0.2, 0) is 0 Å². The van der Waals surface area contributed by atoms with Gasteiger partial charge in [-0.05, 0) is 38.9 Å². The van der Waals surface area contributed by atoms with E-state index in [2.05, 4.69) is 12.5 Å². The van der Waals surface area contributed by atoms with Gasteiger partial charge in [0, 0.05) is 5.25 Å². The van der Waals surface area contributed by atoms with Crippen LogP contribution < -0.4 is 0 Å². The first kappa shape index (κ1) is 10.0. The SMILES string of the molecule is CC(C)=C(F)[C@H](C)[SH](C)C. The number of hydrogen-bond donors (Lipinski definition) is 1. The molecule has 0 aliphatic carbocycles. The highest BCUT2D eigenvalue weighted by molar-refractivity contribution is 8.16. The largest absolute Gasteiger partial charge is 0.251 e. The molecule has 0 heterocycles. The topological polar surface area (TPSA) is 0 Å². The molecule has 0 nitrogen and oxygen atoms in total. The van der Waals surface area contributed by atoms with Crippen molar-refractivity contribution in [1.29, 1.82) is 0 Å². The van der Waals surface area contributed by atoms with Crippen molar-refractivity contribution in [2.24, 2.45) is 0 Å². The van der Waals surface area contributed by atoms with Crippen molar-refractivity contribution in [3.8, 4) is 0 Å². The second-order valence-electron chi connectivity index (χ2n) is 2.99. The first-order valence-corrected chi connectivity index (χ1v) is 5.76. The molecular formula is C8H17FS. The smallest absolute Gasteiger partial charge is 0.110 e. The molecule has 2 heteroatoms. The normalized spacial score (nSPS) is 14.4. The molecule has 62 valence electrons.